The fraction of sp³-hybridized carbons (Fsp3) is 0. The lowest BCUT2D eigenvalue weighted by molar-refractivity contribution is 0.150. The molecule has 0 amide bonds. The number of para-hydroxylation sites is 4. The van der Waals surface area contributed by atoms with Crippen molar-refractivity contribution in [1.29, 1.82) is 0 Å². The van der Waals surface area contributed by atoms with Crippen LogP contribution in [0.4, 0.5) is 4.79 Å². The van der Waals surface area contributed by atoms with Crippen molar-refractivity contribution in [3.8, 4) is 23.0 Å². The molecular formula is C19H14O4. The van der Waals surface area contributed by atoms with Gasteiger partial charge in [0, 0.05) is 0 Å². The smallest absolute Gasteiger partial charge is 0.453 e. The Morgan fingerprint density at radius 1 is 0.565 bits per heavy atom. The zero-order chi connectivity index (χ0) is 15.9. The Labute approximate surface area is 133 Å². The summed E-state index contributed by atoms with van der Waals surface area (Å²) in [6.45, 7) is 0. The van der Waals surface area contributed by atoms with E-state index in [1.807, 2.05) is 36.4 Å². The highest BCUT2D eigenvalue weighted by Crippen LogP contribution is 2.31. The molecule has 0 N–H and O–H groups in total. The van der Waals surface area contributed by atoms with Crippen LogP contribution in [-0.2, 0) is 0 Å². The molecule has 0 aliphatic rings. The first-order chi connectivity index (χ1) is 11.3. The monoisotopic (exact) mass is 306 g/mol. The molecule has 3 aromatic rings. The van der Waals surface area contributed by atoms with Crippen LogP contribution in [0.1, 0.15) is 0 Å². The molecule has 4 heteroatoms. The molecular weight excluding hydrogens is 292 g/mol. The second-order valence-electron chi connectivity index (χ2n) is 4.63. The van der Waals surface area contributed by atoms with E-state index in [1.54, 1.807) is 48.5 Å². The summed E-state index contributed by atoms with van der Waals surface area (Å²) in [5.41, 5.74) is 0. The van der Waals surface area contributed by atoms with E-state index in [2.05, 4.69) is 0 Å². The van der Waals surface area contributed by atoms with Crippen molar-refractivity contribution in [2.24, 2.45) is 0 Å². The van der Waals surface area contributed by atoms with Crippen molar-refractivity contribution in [1.82, 2.24) is 0 Å². The van der Waals surface area contributed by atoms with Crippen LogP contribution in [0.25, 0.3) is 0 Å². The average molecular weight is 306 g/mol. The lowest BCUT2D eigenvalue weighted by atomic mass is 10.3. The SMILES string of the molecule is O=C(Oc1ccccc1)Oc1ccccc1Oc1ccccc1. The number of rotatable bonds is 4. The minimum Gasteiger partial charge on any atom is -0.453 e. The van der Waals surface area contributed by atoms with Crippen molar-refractivity contribution in [2.75, 3.05) is 0 Å². The van der Waals surface area contributed by atoms with Crippen molar-refractivity contribution >= 4 is 6.16 Å². The molecule has 4 nitrogen and oxygen atoms in total. The van der Waals surface area contributed by atoms with Gasteiger partial charge in [-0.2, -0.15) is 0 Å². The molecule has 0 heterocycles. The Kier molecular flexibility index (Phi) is 4.55. The molecule has 0 unspecified atom stereocenters. The van der Waals surface area contributed by atoms with Gasteiger partial charge < -0.3 is 14.2 Å². The lowest BCUT2D eigenvalue weighted by Crippen LogP contribution is -2.14. The van der Waals surface area contributed by atoms with Crippen LogP contribution in [0.15, 0.2) is 84.9 Å². The van der Waals surface area contributed by atoms with Gasteiger partial charge in [0.25, 0.3) is 0 Å². The summed E-state index contributed by atoms with van der Waals surface area (Å²) in [7, 11) is 0. The third-order valence-electron chi connectivity index (χ3n) is 2.96. The molecule has 0 atom stereocenters. The normalized spacial score (nSPS) is 9.91. The fourth-order valence-electron chi connectivity index (χ4n) is 1.93. The van der Waals surface area contributed by atoms with Gasteiger partial charge in [0.05, 0.1) is 0 Å². The number of ether oxygens (including phenoxy) is 3. The maximum Gasteiger partial charge on any atom is 0.519 e. The largest absolute Gasteiger partial charge is 0.519 e. The van der Waals surface area contributed by atoms with Crippen LogP contribution in [0.3, 0.4) is 0 Å². The minimum atomic E-state index is -0.819. The molecule has 0 fully saturated rings. The Hall–Kier alpha value is -3.27. The molecule has 114 valence electrons. The van der Waals surface area contributed by atoms with E-state index in [0.29, 0.717) is 17.2 Å². The van der Waals surface area contributed by atoms with Gasteiger partial charge in [0.15, 0.2) is 11.5 Å². The second kappa shape index (κ2) is 7.13. The molecule has 0 saturated carbocycles. The highest BCUT2D eigenvalue weighted by Gasteiger charge is 2.12. The van der Waals surface area contributed by atoms with Crippen molar-refractivity contribution in [3.05, 3.63) is 84.9 Å². The zero-order valence-corrected chi connectivity index (χ0v) is 12.2. The number of benzene rings is 3. The van der Waals surface area contributed by atoms with E-state index in [4.69, 9.17) is 14.2 Å². The van der Waals surface area contributed by atoms with Crippen LogP contribution in [0.2, 0.25) is 0 Å². The third-order valence-corrected chi connectivity index (χ3v) is 2.96. The van der Waals surface area contributed by atoms with E-state index >= 15 is 0 Å². The van der Waals surface area contributed by atoms with Gasteiger partial charge >= 0.3 is 6.16 Å². The van der Waals surface area contributed by atoms with Gasteiger partial charge in [-0.25, -0.2) is 4.79 Å². The number of hydrogen-bond acceptors (Lipinski definition) is 4. The maximum absolute atomic E-state index is 11.9. The molecule has 23 heavy (non-hydrogen) atoms. The Balaban J connectivity index is 1.71. The third kappa shape index (κ3) is 4.11. The Bertz CT molecular complexity index is 770. The van der Waals surface area contributed by atoms with Crippen LogP contribution in [0, 0.1) is 0 Å². The van der Waals surface area contributed by atoms with Gasteiger partial charge in [0.1, 0.15) is 11.5 Å². The number of carbonyl (C=O) groups is 1. The fourth-order valence-corrected chi connectivity index (χ4v) is 1.93. The van der Waals surface area contributed by atoms with Crippen LogP contribution in [0.5, 0.6) is 23.0 Å². The van der Waals surface area contributed by atoms with Gasteiger partial charge in [-0.3, -0.25) is 0 Å². The predicted molar refractivity (Wildman–Crippen MR) is 86.1 cm³/mol. The highest BCUT2D eigenvalue weighted by molar-refractivity contribution is 5.68. The van der Waals surface area contributed by atoms with Crippen molar-refractivity contribution in [3.63, 3.8) is 0 Å². The maximum atomic E-state index is 11.9. The van der Waals surface area contributed by atoms with Gasteiger partial charge in [-0.05, 0) is 36.4 Å². The molecule has 0 aliphatic heterocycles. The number of hydrogen-bond donors (Lipinski definition) is 0. The first kappa shape index (κ1) is 14.7. The van der Waals surface area contributed by atoms with Crippen molar-refractivity contribution in [2.45, 2.75) is 0 Å². The first-order valence-electron chi connectivity index (χ1n) is 7.08. The molecule has 0 saturated heterocycles. The lowest BCUT2D eigenvalue weighted by Gasteiger charge is -2.11. The summed E-state index contributed by atoms with van der Waals surface area (Å²) in [6.07, 6.45) is -0.819. The number of carbonyl (C=O) groups excluding carboxylic acids is 1. The summed E-state index contributed by atoms with van der Waals surface area (Å²) in [5.74, 6) is 1.79. The highest BCUT2D eigenvalue weighted by atomic mass is 16.7. The first-order valence-corrected chi connectivity index (χ1v) is 7.08. The van der Waals surface area contributed by atoms with E-state index in [-0.39, 0.29) is 5.75 Å². The van der Waals surface area contributed by atoms with Gasteiger partial charge in [0.2, 0.25) is 0 Å². The minimum absolute atomic E-state index is 0.289. The topological polar surface area (TPSA) is 44.8 Å². The van der Waals surface area contributed by atoms with Crippen molar-refractivity contribution < 1.29 is 19.0 Å². The Morgan fingerprint density at radius 3 is 1.74 bits per heavy atom. The van der Waals surface area contributed by atoms with Gasteiger partial charge in [-0.15, -0.1) is 0 Å². The molecule has 0 bridgehead atoms. The molecule has 3 rings (SSSR count). The summed E-state index contributed by atoms with van der Waals surface area (Å²) in [5, 5.41) is 0. The molecule has 0 aliphatic carbocycles. The van der Waals surface area contributed by atoms with Crippen LogP contribution < -0.4 is 14.2 Å². The summed E-state index contributed by atoms with van der Waals surface area (Å²) in [6, 6.07) is 24.9. The standard InChI is InChI=1S/C19H14O4/c20-19(22-16-11-5-2-6-12-16)23-18-14-8-7-13-17(18)21-15-9-3-1-4-10-15/h1-14H. The van der Waals surface area contributed by atoms with E-state index in [0.717, 1.165) is 0 Å². The van der Waals surface area contributed by atoms with Gasteiger partial charge in [-0.1, -0.05) is 48.5 Å². The van der Waals surface area contributed by atoms with E-state index in [1.165, 1.54) is 0 Å². The molecule has 0 spiro atoms. The molecule has 0 radical (unpaired) electrons. The summed E-state index contributed by atoms with van der Waals surface area (Å²) >= 11 is 0. The van der Waals surface area contributed by atoms with Crippen LogP contribution in [-0.4, -0.2) is 6.16 Å². The van der Waals surface area contributed by atoms with E-state index < -0.39 is 6.16 Å². The van der Waals surface area contributed by atoms with Crippen LogP contribution >= 0.6 is 0 Å². The molecule has 3 aromatic carbocycles. The predicted octanol–water partition coefficient (Wildman–Crippen LogP) is 5.06. The summed E-state index contributed by atoms with van der Waals surface area (Å²) in [4.78, 5) is 11.9. The quantitative estimate of drug-likeness (QED) is 0.499. The second-order valence-corrected chi connectivity index (χ2v) is 4.63. The average Bonchev–Trinajstić information content (AvgIpc) is 2.58. The Morgan fingerprint density at radius 2 is 1.09 bits per heavy atom. The molecule has 0 aromatic heterocycles. The summed E-state index contributed by atoms with van der Waals surface area (Å²) < 4.78 is 16.1. The zero-order valence-electron chi connectivity index (χ0n) is 12.2. The van der Waals surface area contributed by atoms with E-state index in [9.17, 15) is 4.79 Å².